The van der Waals surface area contributed by atoms with Crippen LogP contribution in [0.1, 0.15) is 64.3 Å². The van der Waals surface area contributed by atoms with E-state index >= 15 is 0 Å². The van der Waals surface area contributed by atoms with Crippen molar-refractivity contribution >= 4 is 0 Å². The van der Waals surface area contributed by atoms with Crippen molar-refractivity contribution < 1.29 is 14.8 Å². The molecule has 3 fully saturated rings. The Balaban J connectivity index is 1.51. The zero-order chi connectivity index (χ0) is 17.6. The van der Waals surface area contributed by atoms with Crippen molar-refractivity contribution in [3.63, 3.8) is 0 Å². The van der Waals surface area contributed by atoms with Gasteiger partial charge in [-0.2, -0.15) is 0 Å². The van der Waals surface area contributed by atoms with Crippen molar-refractivity contribution in [2.75, 3.05) is 0 Å². The molecule has 8 atom stereocenters. The maximum atomic E-state index is 11.0. The number of aliphatic hydroxyl groups is 2. The Morgan fingerprint density at radius 3 is 2.60 bits per heavy atom. The summed E-state index contributed by atoms with van der Waals surface area (Å²) in [4.78, 5) is 0. The van der Waals surface area contributed by atoms with Crippen LogP contribution < -0.4 is 0 Å². The Kier molecular flexibility index (Phi) is 3.16. The van der Waals surface area contributed by atoms with E-state index < -0.39 is 11.7 Å². The van der Waals surface area contributed by atoms with Crippen molar-refractivity contribution in [2.45, 2.75) is 77.4 Å². The normalized spacial score (nSPS) is 54.4. The zero-order valence-corrected chi connectivity index (χ0v) is 15.5. The fourth-order valence-electron chi connectivity index (χ4n) is 7.49. The van der Waals surface area contributed by atoms with Gasteiger partial charge in [-0.15, -0.1) is 0 Å². The lowest BCUT2D eigenvalue weighted by Gasteiger charge is -2.60. The number of aromatic nitrogens is 2. The van der Waals surface area contributed by atoms with E-state index in [-0.39, 0.29) is 10.8 Å². The van der Waals surface area contributed by atoms with E-state index in [1.807, 2.05) is 6.92 Å². The molecule has 1 aromatic heterocycles. The summed E-state index contributed by atoms with van der Waals surface area (Å²) >= 11 is 0. The highest BCUT2D eigenvalue weighted by atomic mass is 16.6. The van der Waals surface area contributed by atoms with Crippen molar-refractivity contribution in [3.05, 3.63) is 11.4 Å². The van der Waals surface area contributed by atoms with Crippen molar-refractivity contribution in [2.24, 2.45) is 34.5 Å². The number of rotatable bonds is 0. The first-order chi connectivity index (χ1) is 11.8. The van der Waals surface area contributed by atoms with Crippen molar-refractivity contribution in [1.82, 2.24) is 10.3 Å². The average molecular weight is 346 g/mol. The number of fused-ring (bicyclic) bond motifs is 6. The Hall–Kier alpha value is -0.940. The highest BCUT2D eigenvalue weighted by Crippen LogP contribution is 2.67. The first-order valence-corrected chi connectivity index (χ1v) is 9.98. The van der Waals surface area contributed by atoms with Crippen LogP contribution in [0.25, 0.3) is 0 Å². The van der Waals surface area contributed by atoms with Crippen LogP contribution >= 0.6 is 0 Å². The van der Waals surface area contributed by atoms with Gasteiger partial charge in [-0.25, -0.2) is 4.63 Å². The number of nitrogens with zero attached hydrogens (tertiary/aromatic N) is 2. The van der Waals surface area contributed by atoms with Gasteiger partial charge >= 0.3 is 0 Å². The lowest BCUT2D eigenvalue weighted by Crippen LogP contribution is -2.57. The molecule has 2 N–H and O–H groups in total. The first-order valence-electron chi connectivity index (χ1n) is 9.98. The Morgan fingerprint density at radius 2 is 1.80 bits per heavy atom. The number of hydrogen-bond acceptors (Lipinski definition) is 5. The fraction of sp³-hybridized carbons (Fsp3) is 0.900. The largest absolute Gasteiger partial charge is 0.390 e. The van der Waals surface area contributed by atoms with E-state index in [1.165, 1.54) is 12.8 Å². The minimum absolute atomic E-state index is 0.161. The van der Waals surface area contributed by atoms with Crippen LogP contribution in [0.4, 0.5) is 0 Å². The second kappa shape index (κ2) is 4.86. The summed E-state index contributed by atoms with van der Waals surface area (Å²) in [5.74, 6) is 2.33. The van der Waals surface area contributed by atoms with E-state index in [4.69, 9.17) is 4.63 Å². The van der Waals surface area contributed by atoms with E-state index in [0.29, 0.717) is 23.7 Å². The standard InChI is InChI=1S/C20H30N2O3/c1-18-10-16-15(21-25-22-16)8-11(18)4-5-12-13(18)6-7-19(2)14(12)9-17(23)20(19,3)24/h11-14,17,23-24H,4-10H2,1-3H3/t11?,12?,13?,14?,17?,18-,19-,20-/m0/s1. The number of aliphatic hydroxyl groups excluding tert-OH is 1. The first kappa shape index (κ1) is 16.2. The summed E-state index contributed by atoms with van der Waals surface area (Å²) in [6.45, 7) is 6.54. The van der Waals surface area contributed by atoms with Gasteiger partial charge in [0.05, 0.1) is 11.7 Å². The molecule has 3 saturated carbocycles. The molecule has 5 unspecified atom stereocenters. The molecule has 0 radical (unpaired) electrons. The van der Waals surface area contributed by atoms with Gasteiger partial charge in [-0.3, -0.25) is 0 Å². The molecule has 4 aliphatic rings. The Morgan fingerprint density at radius 1 is 1.04 bits per heavy atom. The van der Waals surface area contributed by atoms with Gasteiger partial charge in [0.2, 0.25) is 0 Å². The Bertz CT molecular complexity index is 701. The molecular weight excluding hydrogens is 316 g/mol. The second-order valence-electron chi connectivity index (χ2n) is 10.1. The molecule has 0 spiro atoms. The predicted molar refractivity (Wildman–Crippen MR) is 91.6 cm³/mol. The molecule has 25 heavy (non-hydrogen) atoms. The quantitative estimate of drug-likeness (QED) is 0.755. The molecule has 0 aromatic carbocycles. The monoisotopic (exact) mass is 346 g/mol. The van der Waals surface area contributed by atoms with Crippen LogP contribution in [0.5, 0.6) is 0 Å². The molecular formula is C20H30N2O3. The summed E-state index contributed by atoms with van der Waals surface area (Å²) in [5.41, 5.74) is 1.25. The fourth-order valence-corrected chi connectivity index (χ4v) is 7.49. The molecule has 0 saturated heterocycles. The lowest BCUT2D eigenvalue weighted by atomic mass is 9.44. The zero-order valence-electron chi connectivity index (χ0n) is 15.5. The highest BCUT2D eigenvalue weighted by Gasteiger charge is 2.66. The third-order valence-corrected chi connectivity index (χ3v) is 9.36. The maximum absolute atomic E-state index is 11.0. The third-order valence-electron chi connectivity index (χ3n) is 9.36. The van der Waals surface area contributed by atoms with Gasteiger partial charge in [0.15, 0.2) is 0 Å². The smallest absolute Gasteiger partial charge is 0.108 e. The SMILES string of the molecule is C[C@]12Cc3nonc3CC1CCC1C2CC[C@@]2(C)C1CC(O)[C@]2(C)O. The summed E-state index contributed by atoms with van der Waals surface area (Å²) < 4.78 is 5.02. The summed E-state index contributed by atoms with van der Waals surface area (Å²) in [6, 6.07) is 0. The Labute approximate surface area is 149 Å². The topological polar surface area (TPSA) is 79.4 Å². The van der Waals surface area contributed by atoms with Crippen LogP contribution in [0.15, 0.2) is 4.63 Å². The molecule has 4 aliphatic carbocycles. The van der Waals surface area contributed by atoms with Gasteiger partial charge in [-0.1, -0.05) is 24.2 Å². The molecule has 1 heterocycles. The van der Waals surface area contributed by atoms with Crippen LogP contribution in [0.2, 0.25) is 0 Å². The second-order valence-corrected chi connectivity index (χ2v) is 10.1. The molecule has 0 aliphatic heterocycles. The summed E-state index contributed by atoms with van der Waals surface area (Å²) in [7, 11) is 0. The average Bonchev–Trinajstić information content (AvgIpc) is 3.07. The lowest BCUT2D eigenvalue weighted by molar-refractivity contribution is -0.156. The van der Waals surface area contributed by atoms with Gasteiger partial charge in [0.25, 0.3) is 0 Å². The third kappa shape index (κ3) is 1.86. The van der Waals surface area contributed by atoms with E-state index in [2.05, 4.69) is 24.2 Å². The van der Waals surface area contributed by atoms with Gasteiger partial charge in [-0.05, 0) is 74.5 Å². The van der Waals surface area contributed by atoms with Crippen LogP contribution in [0.3, 0.4) is 0 Å². The van der Waals surface area contributed by atoms with Crippen molar-refractivity contribution in [3.8, 4) is 0 Å². The molecule has 0 amide bonds. The highest BCUT2D eigenvalue weighted by molar-refractivity contribution is 5.22. The van der Waals surface area contributed by atoms with Crippen LogP contribution in [0, 0.1) is 34.5 Å². The molecule has 1 aromatic rings. The summed E-state index contributed by atoms with van der Waals surface area (Å²) in [5, 5.41) is 29.9. The predicted octanol–water partition coefficient (Wildman–Crippen LogP) is 2.75. The molecule has 0 bridgehead atoms. The van der Waals surface area contributed by atoms with E-state index in [0.717, 1.165) is 43.5 Å². The molecule has 138 valence electrons. The minimum Gasteiger partial charge on any atom is -0.390 e. The summed E-state index contributed by atoms with van der Waals surface area (Å²) in [6.07, 6.45) is 6.72. The molecule has 5 nitrogen and oxygen atoms in total. The van der Waals surface area contributed by atoms with Gasteiger partial charge in [0, 0.05) is 11.8 Å². The van der Waals surface area contributed by atoms with Crippen LogP contribution in [-0.4, -0.2) is 32.2 Å². The minimum atomic E-state index is -0.962. The molecule has 5 heteroatoms. The van der Waals surface area contributed by atoms with E-state index in [9.17, 15) is 10.2 Å². The van der Waals surface area contributed by atoms with Gasteiger partial charge in [0.1, 0.15) is 11.4 Å². The number of hydrogen-bond donors (Lipinski definition) is 2. The van der Waals surface area contributed by atoms with Crippen molar-refractivity contribution in [1.29, 1.82) is 0 Å². The van der Waals surface area contributed by atoms with E-state index in [1.54, 1.807) is 0 Å². The maximum Gasteiger partial charge on any atom is 0.108 e. The van der Waals surface area contributed by atoms with Crippen LogP contribution in [-0.2, 0) is 12.8 Å². The van der Waals surface area contributed by atoms with Gasteiger partial charge < -0.3 is 10.2 Å². The molecule has 5 rings (SSSR count).